The molecule has 2 atom stereocenters. The molecule has 0 aromatic heterocycles. The lowest BCUT2D eigenvalue weighted by Gasteiger charge is -2.27. The van der Waals surface area contributed by atoms with Crippen molar-refractivity contribution < 1.29 is 14.4 Å². The van der Waals surface area contributed by atoms with Crippen LogP contribution in [0, 0.1) is 0 Å². The Hall–Kier alpha value is -3.35. The molecule has 1 aliphatic heterocycles. The van der Waals surface area contributed by atoms with E-state index in [9.17, 15) is 14.4 Å². The molecule has 1 fully saturated rings. The van der Waals surface area contributed by atoms with E-state index in [-0.39, 0.29) is 11.8 Å². The summed E-state index contributed by atoms with van der Waals surface area (Å²) in [7, 11) is 0. The summed E-state index contributed by atoms with van der Waals surface area (Å²) in [5.74, 6) is -0.800. The molecule has 4 N–H and O–H groups in total. The van der Waals surface area contributed by atoms with Crippen LogP contribution in [0.4, 0.5) is 5.69 Å². The average Bonchev–Trinajstić information content (AvgIpc) is 3.24. The summed E-state index contributed by atoms with van der Waals surface area (Å²) in [5.41, 5.74) is 7.17. The van der Waals surface area contributed by atoms with Crippen molar-refractivity contribution in [3.8, 4) is 0 Å². The van der Waals surface area contributed by atoms with Gasteiger partial charge in [0.25, 0.3) is 5.91 Å². The quantitative estimate of drug-likeness (QED) is 0.638. The molecule has 0 bridgehead atoms. The van der Waals surface area contributed by atoms with Crippen molar-refractivity contribution in [3.63, 3.8) is 0 Å². The molecule has 3 rings (SSSR count). The summed E-state index contributed by atoms with van der Waals surface area (Å²) < 4.78 is 0. The second-order valence-corrected chi connectivity index (χ2v) is 8.48. The van der Waals surface area contributed by atoms with E-state index in [1.54, 1.807) is 36.1 Å². The normalized spacial score (nSPS) is 17.1. The predicted molar refractivity (Wildman–Crippen MR) is 120 cm³/mol. The van der Waals surface area contributed by atoms with Gasteiger partial charge in [-0.25, -0.2) is 0 Å². The number of amides is 3. The first-order valence-electron chi connectivity index (χ1n) is 10.5. The molecule has 31 heavy (non-hydrogen) atoms. The summed E-state index contributed by atoms with van der Waals surface area (Å²) in [6, 6.07) is 15.7. The third-order valence-electron chi connectivity index (χ3n) is 5.69. The van der Waals surface area contributed by atoms with Crippen LogP contribution >= 0.6 is 0 Å². The van der Waals surface area contributed by atoms with Gasteiger partial charge in [0, 0.05) is 17.8 Å². The number of hydrogen-bond acceptors (Lipinski definition) is 4. The largest absolute Gasteiger partial charge is 0.374 e. The van der Waals surface area contributed by atoms with Gasteiger partial charge in [0.2, 0.25) is 11.8 Å². The molecule has 1 heterocycles. The lowest BCUT2D eigenvalue weighted by molar-refractivity contribution is -0.137. The van der Waals surface area contributed by atoms with E-state index in [1.165, 1.54) is 0 Å². The summed E-state index contributed by atoms with van der Waals surface area (Å²) in [5, 5.41) is 6.20. The number of benzene rings is 2. The van der Waals surface area contributed by atoms with Crippen molar-refractivity contribution in [1.82, 2.24) is 10.2 Å². The fourth-order valence-electron chi connectivity index (χ4n) is 3.89. The number of nitrogens with one attached hydrogen (secondary N) is 2. The molecule has 0 radical (unpaired) electrons. The minimum Gasteiger partial charge on any atom is -0.374 e. The Kier molecular flexibility index (Phi) is 6.63. The van der Waals surface area contributed by atoms with Gasteiger partial charge in [-0.2, -0.15) is 0 Å². The SMILES string of the molecule is CC(Nc1ccc(C(=O)NC(C)(C)c2ccccc2)cc1)C(=O)N1CCC[C@H]1C(N)=O. The monoisotopic (exact) mass is 422 g/mol. The zero-order chi connectivity index (χ0) is 22.6. The van der Waals surface area contributed by atoms with Crippen molar-refractivity contribution in [2.45, 2.75) is 51.2 Å². The van der Waals surface area contributed by atoms with Gasteiger partial charge in [0.1, 0.15) is 12.1 Å². The number of hydrogen-bond donors (Lipinski definition) is 3. The van der Waals surface area contributed by atoms with Crippen LogP contribution in [-0.2, 0) is 15.1 Å². The van der Waals surface area contributed by atoms with E-state index in [0.717, 1.165) is 17.7 Å². The highest BCUT2D eigenvalue weighted by Crippen LogP contribution is 2.22. The zero-order valence-electron chi connectivity index (χ0n) is 18.2. The van der Waals surface area contributed by atoms with E-state index in [1.807, 2.05) is 44.2 Å². The van der Waals surface area contributed by atoms with E-state index in [2.05, 4.69) is 10.6 Å². The molecule has 7 heteroatoms. The molecule has 1 unspecified atom stereocenters. The third-order valence-corrected chi connectivity index (χ3v) is 5.69. The van der Waals surface area contributed by atoms with Crippen molar-refractivity contribution in [2.24, 2.45) is 5.73 Å². The molecule has 7 nitrogen and oxygen atoms in total. The molecular formula is C24H30N4O3. The highest BCUT2D eigenvalue weighted by Gasteiger charge is 2.34. The van der Waals surface area contributed by atoms with Gasteiger partial charge in [-0.05, 0) is 63.4 Å². The van der Waals surface area contributed by atoms with E-state index in [0.29, 0.717) is 18.5 Å². The van der Waals surface area contributed by atoms with Crippen LogP contribution in [0.5, 0.6) is 0 Å². The zero-order valence-corrected chi connectivity index (χ0v) is 18.2. The van der Waals surface area contributed by atoms with Crippen molar-refractivity contribution >= 4 is 23.4 Å². The van der Waals surface area contributed by atoms with Gasteiger partial charge in [0.05, 0.1) is 5.54 Å². The second kappa shape index (κ2) is 9.20. The topological polar surface area (TPSA) is 105 Å². The highest BCUT2D eigenvalue weighted by molar-refractivity contribution is 5.95. The summed E-state index contributed by atoms with van der Waals surface area (Å²) in [4.78, 5) is 38.5. The van der Waals surface area contributed by atoms with E-state index >= 15 is 0 Å². The highest BCUT2D eigenvalue weighted by atomic mass is 16.2. The van der Waals surface area contributed by atoms with Gasteiger partial charge >= 0.3 is 0 Å². The summed E-state index contributed by atoms with van der Waals surface area (Å²) in [6.45, 7) is 6.21. The Labute approximate surface area is 183 Å². The van der Waals surface area contributed by atoms with Crippen molar-refractivity contribution in [3.05, 3.63) is 65.7 Å². The Balaban J connectivity index is 1.61. The molecule has 1 aliphatic rings. The second-order valence-electron chi connectivity index (χ2n) is 8.48. The Morgan fingerprint density at radius 1 is 1.06 bits per heavy atom. The van der Waals surface area contributed by atoms with E-state index in [4.69, 9.17) is 5.73 Å². The number of carbonyl (C=O) groups excluding carboxylic acids is 3. The van der Waals surface area contributed by atoms with Crippen LogP contribution in [0.25, 0.3) is 0 Å². The van der Waals surface area contributed by atoms with Gasteiger partial charge < -0.3 is 21.3 Å². The Bertz CT molecular complexity index is 941. The average molecular weight is 423 g/mol. The van der Waals surface area contributed by atoms with Gasteiger partial charge in [0.15, 0.2) is 0 Å². The molecule has 2 aromatic rings. The molecule has 0 aliphatic carbocycles. The molecule has 3 amide bonds. The Morgan fingerprint density at radius 2 is 1.71 bits per heavy atom. The van der Waals surface area contributed by atoms with Crippen LogP contribution in [0.15, 0.2) is 54.6 Å². The van der Waals surface area contributed by atoms with Crippen LogP contribution in [0.1, 0.15) is 49.5 Å². The van der Waals surface area contributed by atoms with E-state index < -0.39 is 23.5 Å². The lowest BCUT2D eigenvalue weighted by Crippen LogP contribution is -2.48. The van der Waals surface area contributed by atoms with Gasteiger partial charge in [-0.3, -0.25) is 14.4 Å². The minimum atomic E-state index is -0.532. The number of nitrogens with two attached hydrogens (primary N) is 1. The van der Waals surface area contributed by atoms with Crippen LogP contribution in [0.2, 0.25) is 0 Å². The number of anilines is 1. The fraction of sp³-hybridized carbons (Fsp3) is 0.375. The number of likely N-dealkylation sites (tertiary alicyclic amines) is 1. The van der Waals surface area contributed by atoms with Crippen molar-refractivity contribution in [2.75, 3.05) is 11.9 Å². The predicted octanol–water partition coefficient (Wildman–Crippen LogP) is 2.63. The number of rotatable bonds is 7. The first kappa shape index (κ1) is 22.3. The molecule has 0 spiro atoms. The van der Waals surface area contributed by atoms with Crippen LogP contribution in [-0.4, -0.2) is 41.2 Å². The van der Waals surface area contributed by atoms with Crippen LogP contribution in [0.3, 0.4) is 0 Å². The molecule has 2 aromatic carbocycles. The maximum absolute atomic E-state index is 12.7. The van der Waals surface area contributed by atoms with Gasteiger partial charge in [-0.1, -0.05) is 30.3 Å². The van der Waals surface area contributed by atoms with Gasteiger partial charge in [-0.15, -0.1) is 0 Å². The molecular weight excluding hydrogens is 392 g/mol. The number of primary amides is 1. The minimum absolute atomic E-state index is 0.160. The first-order chi connectivity index (χ1) is 14.7. The summed E-state index contributed by atoms with van der Waals surface area (Å²) in [6.07, 6.45) is 1.38. The Morgan fingerprint density at radius 3 is 2.32 bits per heavy atom. The number of carbonyl (C=O) groups is 3. The molecule has 1 saturated heterocycles. The third kappa shape index (κ3) is 5.23. The number of nitrogens with zero attached hydrogens (tertiary/aromatic N) is 1. The maximum Gasteiger partial charge on any atom is 0.251 e. The lowest BCUT2D eigenvalue weighted by atomic mass is 9.94. The molecule has 164 valence electrons. The summed E-state index contributed by atoms with van der Waals surface area (Å²) >= 11 is 0. The standard InChI is InChI=1S/C24H30N4O3/c1-16(23(31)28-15-7-10-20(28)21(25)29)26-19-13-11-17(12-14-19)22(30)27-24(2,3)18-8-5-4-6-9-18/h4-6,8-9,11-14,16,20,26H,7,10,15H2,1-3H3,(H2,25,29)(H,27,30)/t16?,20-/m0/s1. The van der Waals surface area contributed by atoms with Crippen LogP contribution < -0.4 is 16.4 Å². The molecule has 0 saturated carbocycles. The maximum atomic E-state index is 12.7. The first-order valence-corrected chi connectivity index (χ1v) is 10.5. The smallest absolute Gasteiger partial charge is 0.251 e. The fourth-order valence-corrected chi connectivity index (χ4v) is 3.89. The van der Waals surface area contributed by atoms with Crippen molar-refractivity contribution in [1.29, 1.82) is 0 Å².